The van der Waals surface area contributed by atoms with Crippen LogP contribution in [0.4, 0.5) is 0 Å². The molecular weight excluding hydrogens is 302 g/mol. The third-order valence-electron chi connectivity index (χ3n) is 4.54. The molecule has 4 rings (SSSR count). The van der Waals surface area contributed by atoms with Crippen LogP contribution in [0.3, 0.4) is 0 Å². The average Bonchev–Trinajstić information content (AvgIpc) is 2.63. The predicted octanol–water partition coefficient (Wildman–Crippen LogP) is 3.09. The van der Waals surface area contributed by atoms with Gasteiger partial charge < -0.3 is 14.0 Å². The van der Waals surface area contributed by atoms with Crippen molar-refractivity contribution in [2.24, 2.45) is 7.05 Å². The zero-order valence-corrected chi connectivity index (χ0v) is 13.6. The van der Waals surface area contributed by atoms with Crippen LogP contribution in [-0.2, 0) is 19.9 Å². The second-order valence-corrected chi connectivity index (χ2v) is 6.05. The van der Waals surface area contributed by atoms with E-state index in [4.69, 9.17) is 9.47 Å². The lowest BCUT2D eigenvalue weighted by molar-refractivity contribution is 0.171. The molecular formula is C20H19NO3. The van der Waals surface area contributed by atoms with Gasteiger partial charge in [0, 0.05) is 24.2 Å². The molecule has 0 unspecified atom stereocenters. The first kappa shape index (κ1) is 14.8. The van der Waals surface area contributed by atoms with Gasteiger partial charge in [-0.25, -0.2) is 0 Å². The molecule has 24 heavy (non-hydrogen) atoms. The van der Waals surface area contributed by atoms with E-state index >= 15 is 0 Å². The van der Waals surface area contributed by atoms with Crippen molar-refractivity contribution in [2.45, 2.75) is 12.8 Å². The fourth-order valence-electron chi connectivity index (χ4n) is 3.21. The largest absolute Gasteiger partial charge is 0.486 e. The van der Waals surface area contributed by atoms with Gasteiger partial charge in [0.15, 0.2) is 16.9 Å². The zero-order chi connectivity index (χ0) is 16.5. The Kier molecular flexibility index (Phi) is 3.73. The number of rotatable bonds is 3. The highest BCUT2D eigenvalue weighted by Gasteiger charge is 2.12. The molecule has 0 bridgehead atoms. The van der Waals surface area contributed by atoms with E-state index in [0.29, 0.717) is 13.2 Å². The van der Waals surface area contributed by atoms with Gasteiger partial charge in [0.05, 0.1) is 5.52 Å². The lowest BCUT2D eigenvalue weighted by Crippen LogP contribution is -2.15. The molecule has 1 aromatic heterocycles. The summed E-state index contributed by atoms with van der Waals surface area (Å²) in [4.78, 5) is 12.3. The lowest BCUT2D eigenvalue weighted by Gasteiger charge is -2.19. The van der Waals surface area contributed by atoms with Crippen LogP contribution in [0.15, 0.2) is 53.3 Å². The number of hydrogen-bond donors (Lipinski definition) is 0. The Balaban J connectivity index is 1.61. The molecule has 1 aliphatic heterocycles. The Morgan fingerprint density at radius 3 is 2.62 bits per heavy atom. The molecule has 0 aliphatic carbocycles. The molecule has 0 radical (unpaired) electrons. The van der Waals surface area contributed by atoms with Crippen molar-refractivity contribution in [1.29, 1.82) is 0 Å². The smallest absolute Gasteiger partial charge is 0.189 e. The van der Waals surface area contributed by atoms with Gasteiger partial charge >= 0.3 is 0 Å². The number of pyridine rings is 1. The molecule has 1 aliphatic rings. The number of aryl methyl sites for hydroxylation is 3. The Bertz CT molecular complexity index is 959. The molecule has 0 saturated heterocycles. The van der Waals surface area contributed by atoms with Crippen LogP contribution < -0.4 is 14.9 Å². The van der Waals surface area contributed by atoms with Crippen molar-refractivity contribution in [3.63, 3.8) is 0 Å². The highest BCUT2D eigenvalue weighted by Crippen LogP contribution is 2.31. The van der Waals surface area contributed by atoms with Crippen LogP contribution in [0.5, 0.6) is 11.5 Å². The standard InChI is InChI=1S/C20H19NO3/c1-21-15(13-18(22)16-4-2-3-5-17(16)21)8-6-14-7-9-19-20(12-14)24-11-10-23-19/h2-5,7,9,12-13H,6,8,10-11H2,1H3. The minimum absolute atomic E-state index is 0.0841. The van der Waals surface area contributed by atoms with E-state index in [2.05, 4.69) is 10.6 Å². The van der Waals surface area contributed by atoms with E-state index in [1.165, 1.54) is 5.56 Å². The fourth-order valence-corrected chi connectivity index (χ4v) is 3.21. The van der Waals surface area contributed by atoms with Gasteiger partial charge in [0.25, 0.3) is 0 Å². The van der Waals surface area contributed by atoms with Gasteiger partial charge in [-0.05, 0) is 42.7 Å². The maximum atomic E-state index is 12.3. The molecule has 0 fully saturated rings. The summed E-state index contributed by atoms with van der Waals surface area (Å²) in [6, 6.07) is 15.5. The summed E-state index contributed by atoms with van der Waals surface area (Å²) in [6.45, 7) is 1.20. The summed E-state index contributed by atoms with van der Waals surface area (Å²) in [6.07, 6.45) is 1.65. The zero-order valence-electron chi connectivity index (χ0n) is 13.6. The number of hydrogen-bond acceptors (Lipinski definition) is 3. The number of benzene rings is 2. The number of para-hydroxylation sites is 1. The van der Waals surface area contributed by atoms with Crippen molar-refractivity contribution in [1.82, 2.24) is 4.57 Å². The molecule has 2 aromatic carbocycles. The topological polar surface area (TPSA) is 40.5 Å². The highest BCUT2D eigenvalue weighted by atomic mass is 16.6. The SMILES string of the molecule is Cn1c(CCc2ccc3c(c2)OCCO3)cc(=O)c2ccccc21. The summed E-state index contributed by atoms with van der Waals surface area (Å²) in [5.41, 5.74) is 3.27. The van der Waals surface area contributed by atoms with Crippen LogP contribution in [0, 0.1) is 0 Å². The van der Waals surface area contributed by atoms with Gasteiger partial charge in [-0.3, -0.25) is 4.79 Å². The number of ether oxygens (including phenoxy) is 2. The predicted molar refractivity (Wildman–Crippen MR) is 94.0 cm³/mol. The maximum absolute atomic E-state index is 12.3. The van der Waals surface area contributed by atoms with E-state index in [9.17, 15) is 4.79 Å². The molecule has 3 aromatic rings. The van der Waals surface area contributed by atoms with E-state index in [0.717, 1.165) is 40.9 Å². The highest BCUT2D eigenvalue weighted by molar-refractivity contribution is 5.79. The van der Waals surface area contributed by atoms with Crippen molar-refractivity contribution >= 4 is 10.9 Å². The van der Waals surface area contributed by atoms with Gasteiger partial charge in [0.1, 0.15) is 13.2 Å². The Morgan fingerprint density at radius 1 is 0.958 bits per heavy atom. The summed E-state index contributed by atoms with van der Waals surface area (Å²) < 4.78 is 13.3. The molecule has 0 saturated carbocycles. The normalized spacial score (nSPS) is 13.2. The quantitative estimate of drug-likeness (QED) is 0.744. The average molecular weight is 321 g/mol. The minimum Gasteiger partial charge on any atom is -0.486 e. The van der Waals surface area contributed by atoms with Gasteiger partial charge in [0.2, 0.25) is 0 Å². The van der Waals surface area contributed by atoms with E-state index < -0.39 is 0 Å². The van der Waals surface area contributed by atoms with Crippen LogP contribution in [0.2, 0.25) is 0 Å². The van der Waals surface area contributed by atoms with Crippen molar-refractivity contribution < 1.29 is 9.47 Å². The van der Waals surface area contributed by atoms with Crippen LogP contribution in [-0.4, -0.2) is 17.8 Å². The second-order valence-electron chi connectivity index (χ2n) is 6.05. The molecule has 0 N–H and O–H groups in total. The summed E-state index contributed by atoms with van der Waals surface area (Å²) in [7, 11) is 2.01. The third kappa shape index (κ3) is 2.64. The monoisotopic (exact) mass is 321 g/mol. The molecule has 0 atom stereocenters. The first-order chi connectivity index (χ1) is 11.7. The maximum Gasteiger partial charge on any atom is 0.189 e. The third-order valence-corrected chi connectivity index (χ3v) is 4.54. The Morgan fingerprint density at radius 2 is 1.75 bits per heavy atom. The lowest BCUT2D eigenvalue weighted by atomic mass is 10.1. The summed E-state index contributed by atoms with van der Waals surface area (Å²) in [5, 5.41) is 0.767. The van der Waals surface area contributed by atoms with E-state index in [-0.39, 0.29) is 5.43 Å². The first-order valence-electron chi connectivity index (χ1n) is 8.18. The van der Waals surface area contributed by atoms with E-state index in [1.807, 2.05) is 43.4 Å². The van der Waals surface area contributed by atoms with E-state index in [1.54, 1.807) is 6.07 Å². The fraction of sp³-hybridized carbons (Fsp3) is 0.250. The first-order valence-corrected chi connectivity index (χ1v) is 8.18. The molecule has 0 amide bonds. The van der Waals surface area contributed by atoms with Crippen molar-refractivity contribution in [3.8, 4) is 11.5 Å². The molecule has 4 nitrogen and oxygen atoms in total. The molecule has 4 heteroatoms. The van der Waals surface area contributed by atoms with Gasteiger partial charge in [-0.15, -0.1) is 0 Å². The Labute approximate surface area is 140 Å². The summed E-state index contributed by atoms with van der Waals surface area (Å²) >= 11 is 0. The second kappa shape index (κ2) is 6.04. The summed E-state index contributed by atoms with van der Waals surface area (Å²) in [5.74, 6) is 1.62. The number of nitrogens with zero attached hydrogens (tertiary/aromatic N) is 1. The van der Waals surface area contributed by atoms with Crippen LogP contribution in [0.1, 0.15) is 11.3 Å². The van der Waals surface area contributed by atoms with Gasteiger partial charge in [-0.2, -0.15) is 0 Å². The molecule has 122 valence electrons. The molecule has 2 heterocycles. The Hall–Kier alpha value is -2.75. The van der Waals surface area contributed by atoms with Crippen molar-refractivity contribution in [2.75, 3.05) is 13.2 Å². The van der Waals surface area contributed by atoms with Gasteiger partial charge in [-0.1, -0.05) is 18.2 Å². The van der Waals surface area contributed by atoms with Crippen molar-refractivity contribution in [3.05, 3.63) is 70.0 Å². The van der Waals surface area contributed by atoms with Crippen LogP contribution in [0.25, 0.3) is 10.9 Å². The minimum atomic E-state index is 0.0841. The number of aromatic nitrogens is 1. The van der Waals surface area contributed by atoms with Crippen LogP contribution >= 0.6 is 0 Å². The number of fused-ring (bicyclic) bond motifs is 2. The molecule has 0 spiro atoms.